The molecule has 3 aliphatic rings. The van der Waals surface area contributed by atoms with Crippen LogP contribution in [0.2, 0.25) is 0 Å². The van der Waals surface area contributed by atoms with E-state index in [-0.39, 0.29) is 89.9 Å². The summed E-state index contributed by atoms with van der Waals surface area (Å²) in [7, 11) is 0.549. The number of nitrogens with two attached hydrogens (primary N) is 3. The van der Waals surface area contributed by atoms with Crippen LogP contribution < -0.4 is 37.8 Å². The summed E-state index contributed by atoms with van der Waals surface area (Å²) < 4.78 is 152. The highest BCUT2D eigenvalue weighted by atomic mass is 79.9. The van der Waals surface area contributed by atoms with E-state index >= 15 is 0 Å². The first-order chi connectivity index (χ1) is 58.2. The zero-order chi connectivity index (χ0) is 89.6. The number of nitrogens with one attached hydrogen (secondary N) is 3. The Hall–Kier alpha value is -14.1. The van der Waals surface area contributed by atoms with Crippen LogP contribution in [0.15, 0.2) is 222 Å². The fourth-order valence-electron chi connectivity index (χ4n) is 11.0. The maximum atomic E-state index is 14.5. The fourth-order valence-corrected chi connectivity index (χ4v) is 11.6. The van der Waals surface area contributed by atoms with Gasteiger partial charge in [-0.1, -0.05) is 66.1 Å². The third-order valence-electron chi connectivity index (χ3n) is 16.8. The molecule has 0 bridgehead atoms. The molecule has 0 unspecified atom stereocenters. The van der Waals surface area contributed by atoms with Crippen LogP contribution in [0.4, 0.5) is 109 Å². The minimum Gasteiger partial charge on any atom is -0.537 e. The molecule has 0 fully saturated rings. The van der Waals surface area contributed by atoms with Gasteiger partial charge in [0.2, 0.25) is 5.82 Å². The monoisotopic (exact) mass is 1870 g/mol. The number of aromatic nitrogens is 3. The molecule has 1 radical (unpaired) electrons. The number of carbonyl (C=O) groups excluding carboxylic acids is 2. The minimum absolute atomic E-state index is 0. The number of rotatable bonds is 11. The molecule has 28 nitrogen and oxygen atoms in total. The number of amides is 4. The van der Waals surface area contributed by atoms with Crippen LogP contribution in [0, 0.1) is 98.6 Å². The molecular weight excluding hydrogens is 1790 g/mol. The van der Waals surface area contributed by atoms with E-state index in [1.807, 2.05) is 18.5 Å². The minimum atomic E-state index is -1.06. The van der Waals surface area contributed by atoms with Crippen molar-refractivity contribution in [3.8, 4) is 39.1 Å². The van der Waals surface area contributed by atoms with Gasteiger partial charge in [0.05, 0.1) is 72.8 Å². The van der Waals surface area contributed by atoms with Crippen molar-refractivity contribution in [1.29, 1.82) is 0 Å². The van der Waals surface area contributed by atoms with E-state index in [4.69, 9.17) is 28.7 Å². The highest BCUT2D eigenvalue weighted by molar-refractivity contribution is 9.10. The van der Waals surface area contributed by atoms with Crippen molar-refractivity contribution in [2.45, 2.75) is 69.0 Å². The largest absolute Gasteiger partial charge is 0.569 e. The smallest absolute Gasteiger partial charge is 0.537 e. The predicted octanol–water partition coefficient (Wildman–Crippen LogP) is 20.6. The Bertz CT molecular complexity index is 5580. The molecule has 12 aromatic rings. The number of nitro benzene ring substituents is 4. The summed E-state index contributed by atoms with van der Waals surface area (Å²) in [6.07, 6.45) is 10.5. The number of anilines is 5. The summed E-state index contributed by atoms with van der Waals surface area (Å²) in [4.78, 5) is 79.5. The van der Waals surface area contributed by atoms with E-state index in [9.17, 15) is 98.3 Å². The lowest BCUT2D eigenvalue weighted by Gasteiger charge is -2.18. The lowest BCUT2D eigenvalue weighted by molar-refractivity contribution is -0.387. The number of fused-ring (bicyclic) bond motifs is 3. The van der Waals surface area contributed by atoms with E-state index in [0.717, 1.165) is 84.9 Å². The van der Waals surface area contributed by atoms with Gasteiger partial charge in [0.25, 0.3) is 17.1 Å². The Morgan fingerprint density at radius 1 is 0.440 bits per heavy atom. The van der Waals surface area contributed by atoms with Crippen molar-refractivity contribution in [1.82, 2.24) is 30.1 Å². The van der Waals surface area contributed by atoms with Crippen LogP contribution in [0.1, 0.15) is 64.5 Å². The summed E-state index contributed by atoms with van der Waals surface area (Å²) in [6.45, 7) is 3.57. The zero-order valence-electron chi connectivity index (χ0n) is 63.3. The Morgan fingerprint density at radius 2 is 0.768 bits per heavy atom. The normalized spacial score (nSPS) is 11.1. The second-order valence-electron chi connectivity index (χ2n) is 24.5. The maximum absolute atomic E-state index is 14.5. The average molecular weight is 1880 g/mol. The molecule has 0 atom stereocenters. The Balaban J connectivity index is 0.000000389. The van der Waals surface area contributed by atoms with Crippen molar-refractivity contribution < 1.29 is 93.7 Å². The number of aliphatic hydroxyl groups is 1. The lowest BCUT2D eigenvalue weighted by Crippen LogP contribution is -2.30. The molecular formula is C83H80BBr2F11N15O13. The Morgan fingerprint density at radius 3 is 1.18 bits per heavy atom. The number of pyridine rings is 3. The number of urea groups is 2. The fraction of sp³-hybridized carbons (Fsp3) is 0.145. The van der Waals surface area contributed by atoms with E-state index in [2.05, 4.69) is 73.5 Å². The van der Waals surface area contributed by atoms with Crippen molar-refractivity contribution in [3.63, 3.8) is 0 Å². The molecule has 9 aromatic carbocycles. The number of nitrogen functional groups attached to an aromatic ring is 3. The molecule has 125 heavy (non-hydrogen) atoms. The van der Waals surface area contributed by atoms with Crippen molar-refractivity contribution in [2.24, 2.45) is 0 Å². The van der Waals surface area contributed by atoms with Crippen LogP contribution in [0.3, 0.4) is 0 Å². The van der Waals surface area contributed by atoms with Gasteiger partial charge in [0.15, 0.2) is 0 Å². The summed E-state index contributed by atoms with van der Waals surface area (Å²) >= 11 is 5.54. The summed E-state index contributed by atoms with van der Waals surface area (Å²) in [5.41, 5.74) is 22.5. The van der Waals surface area contributed by atoms with E-state index < -0.39 is 108 Å². The van der Waals surface area contributed by atoms with E-state index in [1.165, 1.54) is 119 Å². The third-order valence-corrected chi connectivity index (χ3v) is 18.0. The number of carbonyl (C=O) groups is 2. The number of nitrogens with zero attached hydrogens (tertiary/aromatic N) is 9. The molecule has 0 saturated carbocycles. The average Bonchev–Trinajstić information content (AvgIpc) is 1.26. The molecule has 0 spiro atoms. The first-order valence-electron chi connectivity index (χ1n) is 34.9. The van der Waals surface area contributed by atoms with Crippen LogP contribution in [0.25, 0.3) is 33.4 Å². The van der Waals surface area contributed by atoms with Gasteiger partial charge in [-0.2, -0.15) is 4.39 Å². The molecule has 0 saturated heterocycles. The Kier molecular flexibility index (Phi) is 41.6. The summed E-state index contributed by atoms with van der Waals surface area (Å²) in [6, 6.07) is 35.4. The second kappa shape index (κ2) is 50.3. The third kappa shape index (κ3) is 29.6. The van der Waals surface area contributed by atoms with Crippen LogP contribution >= 0.6 is 31.9 Å². The predicted molar refractivity (Wildman–Crippen MR) is 460 cm³/mol. The van der Waals surface area contributed by atoms with Crippen molar-refractivity contribution in [3.05, 3.63) is 354 Å². The molecule has 0 aliphatic carbocycles. The van der Waals surface area contributed by atoms with Gasteiger partial charge in [0.1, 0.15) is 75.2 Å². The number of aliphatic hydroxyl groups excluding tert-OH is 1. The molecule has 11 N–H and O–H groups in total. The lowest BCUT2D eigenvalue weighted by atomic mass is 10.0. The standard InChI is InChI=1S/C20H14F2N4O3.C20H16F2N4O.C12H8F2N2O2.C7H8N2.C6H5BFO2.C6H2BrF2NO2.C6H4BrFN2O2.CH3F.CH4O.4CH4/c21-15-3-1-12(2-4-15)16-7-18(19(26(28)29)8-17(16)22)24-20(27)25-10-13-5-6-23-9-14(13)11-25;21-15-3-1-12(2-4-15)16-7-19(18(23)8-17(16)22)25-20(27)26-10-13-5-6-24-9-14(13)11-26;13-8-3-1-7(2-4-8)9-5-11(15)12(16(17)18)6-10(9)14;1-2-8-4-7-5-9-3-6(1)7;8-5-1-3-6(4-2-5)10-7-9;2*7-3-1-5(9)6(10(11)12)2-4(3)8;2*1-2;;;;/h1-9H,10-11H2,(H,24,27);1-9H,10-11,23H2,(H,25,27);1-6H,15H2;1-2,4,9H,3,5H2;1-4,9H;1-2H;1-2H,9H2;1H3;2H,1H3;4*1H4/i;;;;;;;1D;;;;;. The molecule has 4 amide bonds. The number of hydrogen-bond donors (Lipinski definition) is 8. The first kappa shape index (κ1) is 103. The van der Waals surface area contributed by atoms with E-state index in [1.54, 1.807) is 35.8 Å². The van der Waals surface area contributed by atoms with Crippen LogP contribution in [-0.2, 0) is 39.3 Å². The molecule has 6 heterocycles. The highest BCUT2D eigenvalue weighted by Crippen LogP contribution is 2.37. The number of halogens is 13. The molecule has 42 heteroatoms. The van der Waals surface area contributed by atoms with Crippen LogP contribution in [-0.4, -0.2) is 88.6 Å². The van der Waals surface area contributed by atoms with E-state index in [0.29, 0.717) is 74.1 Å². The molecule has 15 rings (SSSR count). The van der Waals surface area contributed by atoms with Crippen molar-refractivity contribution in [2.75, 3.05) is 42.1 Å². The second-order valence-corrected chi connectivity index (χ2v) is 26.2. The number of hydrogen-bond acceptors (Lipinski definition) is 20. The van der Waals surface area contributed by atoms with Gasteiger partial charge >= 0.3 is 25.4 Å². The summed E-state index contributed by atoms with van der Waals surface area (Å²) in [5.74, 6) is -6.06. The van der Waals surface area contributed by atoms with Gasteiger partial charge in [-0.05, 0) is 197 Å². The van der Waals surface area contributed by atoms with Gasteiger partial charge in [-0.25, -0.2) is 49.1 Å². The molecule has 3 aliphatic heterocycles. The Labute approximate surface area is 727 Å². The van der Waals surface area contributed by atoms with Crippen molar-refractivity contribution >= 4 is 103 Å². The first-order valence-corrected chi connectivity index (χ1v) is 35.8. The van der Waals surface area contributed by atoms with Crippen LogP contribution in [0.5, 0.6) is 5.75 Å². The number of alkyl halides is 1. The topological polar surface area (TPSA) is 416 Å². The van der Waals surface area contributed by atoms with Gasteiger partial charge in [0, 0.05) is 100 Å². The number of nitro groups is 4. The maximum Gasteiger partial charge on any atom is 0.569 e. The quantitative estimate of drug-likeness (QED) is 0.0149. The van der Waals surface area contributed by atoms with Gasteiger partial charge < -0.3 is 57.7 Å². The SMILES string of the molecule is C.C.C.C.CO.Nc1cc(-c2ccc(F)cc2)c(F)cc1[N+](=O)[O-].Nc1cc(Br)c(F)cc1[N+](=O)[O-].Nc1cc(F)c(-c2ccc(F)cc2)cc1NC(=O)N1Cc2ccncc2C1.O=C(Nc1cc(-c2ccc(F)cc2)c(F)cc1[N+](=O)[O-])N1Cc2ccncc2C1.O=[N+]([O-])c1cc(F)c(Br)cc1F.O[B]Oc1ccc(F)cc1.[2H]CF.c1cc2c(cn1)CNC2. The van der Waals surface area contributed by atoms with Gasteiger partial charge in [-0.3, -0.25) is 59.8 Å². The molecule has 659 valence electrons. The number of benzene rings is 9. The summed E-state index contributed by atoms with van der Waals surface area (Å²) in [5, 5.41) is 65.9. The van der Waals surface area contributed by atoms with Gasteiger partial charge in [-0.15, -0.1) is 0 Å². The highest BCUT2D eigenvalue weighted by Gasteiger charge is 2.29. The molecule has 3 aromatic heterocycles. The zero-order valence-corrected chi connectivity index (χ0v) is 65.5.